The van der Waals surface area contributed by atoms with Crippen molar-refractivity contribution in [3.05, 3.63) is 98.7 Å². The van der Waals surface area contributed by atoms with Crippen molar-refractivity contribution in [2.75, 3.05) is 4.31 Å². The van der Waals surface area contributed by atoms with Crippen molar-refractivity contribution in [3.63, 3.8) is 0 Å². The lowest BCUT2D eigenvalue weighted by atomic mass is 10.2. The maximum Gasteiger partial charge on any atom is 0.270 e. The van der Waals surface area contributed by atoms with Crippen molar-refractivity contribution in [1.82, 2.24) is 5.32 Å². The molecule has 0 amide bonds. The number of allylic oxidation sites excluding steroid dienone is 1. The molecule has 0 radical (unpaired) electrons. The molecule has 0 aliphatic carbocycles. The number of ketones is 1. The lowest BCUT2D eigenvalue weighted by molar-refractivity contribution is 0.104. The number of hydrogen-bond donors (Lipinski definition) is 1. The van der Waals surface area contributed by atoms with Gasteiger partial charge in [-0.25, -0.2) is 17.2 Å². The summed E-state index contributed by atoms with van der Waals surface area (Å²) in [5, 5.41) is 4.49. The van der Waals surface area contributed by atoms with Crippen molar-refractivity contribution in [1.29, 1.82) is 0 Å². The number of rotatable bonds is 5. The number of Topliss-reactive ketones (excluding diaryl/α,β-unsaturated/α-hetero) is 1. The van der Waals surface area contributed by atoms with Crippen LogP contribution in [0.25, 0.3) is 0 Å². The van der Waals surface area contributed by atoms with Crippen LogP contribution in [0.4, 0.5) is 14.5 Å². The Bertz CT molecular complexity index is 1220. The molecular formula is C21H16F2N2O3S2. The topological polar surface area (TPSA) is 66.5 Å². The quantitative estimate of drug-likeness (QED) is 0.597. The second-order valence-corrected chi connectivity index (χ2v) is 9.37. The largest absolute Gasteiger partial charge is 0.386 e. The molecule has 2 heterocycles. The fourth-order valence-electron chi connectivity index (χ4n) is 3.08. The molecule has 0 saturated carbocycles. The van der Waals surface area contributed by atoms with E-state index in [1.54, 1.807) is 23.6 Å². The van der Waals surface area contributed by atoms with Crippen LogP contribution in [-0.4, -0.2) is 14.2 Å². The van der Waals surface area contributed by atoms with Crippen LogP contribution >= 0.6 is 11.3 Å². The monoisotopic (exact) mass is 446 g/mol. The number of carbonyl (C=O) groups excluding carboxylic acids is 1. The first kappa shape index (κ1) is 20.2. The molecule has 0 spiro atoms. The number of thiophene rings is 1. The van der Waals surface area contributed by atoms with E-state index >= 15 is 0 Å². The predicted octanol–water partition coefficient (Wildman–Crippen LogP) is 4.19. The molecule has 2 aromatic carbocycles. The maximum absolute atomic E-state index is 13.2. The highest BCUT2D eigenvalue weighted by molar-refractivity contribution is 7.97. The van der Waals surface area contributed by atoms with Gasteiger partial charge in [0.05, 0.1) is 12.2 Å². The third-order valence-corrected chi connectivity index (χ3v) is 7.27. The molecule has 4 rings (SSSR count). The van der Waals surface area contributed by atoms with Crippen LogP contribution in [0, 0.1) is 11.6 Å². The summed E-state index contributed by atoms with van der Waals surface area (Å²) in [6.07, 6.45) is 1.18. The predicted molar refractivity (Wildman–Crippen MR) is 111 cm³/mol. The van der Waals surface area contributed by atoms with E-state index in [2.05, 4.69) is 5.32 Å². The van der Waals surface area contributed by atoms with Gasteiger partial charge in [0, 0.05) is 12.7 Å². The second-order valence-electron chi connectivity index (χ2n) is 6.62. The lowest BCUT2D eigenvalue weighted by Gasteiger charge is -2.29. The minimum atomic E-state index is -4.13. The van der Waals surface area contributed by atoms with Gasteiger partial charge in [-0.3, -0.25) is 9.10 Å². The summed E-state index contributed by atoms with van der Waals surface area (Å²) in [7, 11) is -4.13. The van der Waals surface area contributed by atoms with Crippen molar-refractivity contribution < 1.29 is 22.0 Å². The highest BCUT2D eigenvalue weighted by atomic mass is 32.2. The van der Waals surface area contributed by atoms with E-state index in [-0.39, 0.29) is 23.8 Å². The smallest absolute Gasteiger partial charge is 0.270 e. The number of halogens is 2. The van der Waals surface area contributed by atoms with Gasteiger partial charge in [-0.15, -0.1) is 11.3 Å². The number of fused-ring (bicyclic) bond motifs is 1. The normalized spacial score (nSPS) is 16.5. The average molecular weight is 447 g/mol. The minimum absolute atomic E-state index is 0.0328. The molecule has 0 atom stereocenters. The number of hydrogen-bond acceptors (Lipinski definition) is 5. The fraction of sp³-hybridized carbons (Fsp3) is 0.0952. The van der Waals surface area contributed by atoms with Crippen molar-refractivity contribution in [2.24, 2.45) is 0 Å². The molecule has 30 heavy (non-hydrogen) atoms. The standard InChI is InChI=1S/C21H16F2N2O3S2/c22-16-5-1-14(2-6-16)11-24-12-19-20(26)21-18(9-10-29-21)25(30(19,27)28)13-15-3-7-17(23)8-4-15/h1-10,12,24H,11,13H2/b19-12-. The Morgan fingerprint density at radius 3 is 2.17 bits per heavy atom. The molecule has 5 nitrogen and oxygen atoms in total. The van der Waals surface area contributed by atoms with Gasteiger partial charge in [0.1, 0.15) is 16.5 Å². The fourth-order valence-corrected chi connectivity index (χ4v) is 5.58. The van der Waals surface area contributed by atoms with Crippen LogP contribution in [0.15, 0.2) is 71.1 Å². The van der Waals surface area contributed by atoms with Crippen LogP contribution in [0.5, 0.6) is 0 Å². The van der Waals surface area contributed by atoms with E-state index in [1.807, 2.05) is 0 Å². The Kier molecular flexibility index (Phi) is 5.40. The van der Waals surface area contributed by atoms with Crippen LogP contribution in [-0.2, 0) is 23.1 Å². The summed E-state index contributed by atoms with van der Waals surface area (Å²) in [6.45, 7) is 0.191. The highest BCUT2D eigenvalue weighted by Crippen LogP contribution is 2.39. The molecular weight excluding hydrogens is 430 g/mol. The SMILES string of the molecule is O=C1/C(=C/NCc2ccc(F)cc2)S(=O)(=O)N(Cc2ccc(F)cc2)c2ccsc21. The van der Waals surface area contributed by atoms with E-state index < -0.39 is 21.6 Å². The Hall–Kier alpha value is -3.04. The Labute approximate surface area is 176 Å². The first-order chi connectivity index (χ1) is 14.4. The summed E-state index contributed by atoms with van der Waals surface area (Å²) < 4.78 is 53.8. The number of benzene rings is 2. The van der Waals surface area contributed by atoms with Gasteiger partial charge < -0.3 is 5.32 Å². The average Bonchev–Trinajstić information content (AvgIpc) is 3.20. The zero-order valence-electron chi connectivity index (χ0n) is 15.5. The summed E-state index contributed by atoms with van der Waals surface area (Å²) in [5.74, 6) is -1.37. The molecule has 0 fully saturated rings. The summed E-state index contributed by atoms with van der Waals surface area (Å²) in [6, 6.07) is 12.8. The Morgan fingerprint density at radius 2 is 1.53 bits per heavy atom. The number of nitrogens with zero attached hydrogens (tertiary/aromatic N) is 1. The third-order valence-electron chi connectivity index (χ3n) is 4.60. The molecule has 3 aromatic rings. The molecule has 9 heteroatoms. The summed E-state index contributed by atoms with van der Waals surface area (Å²) in [4.78, 5) is 12.8. The summed E-state index contributed by atoms with van der Waals surface area (Å²) >= 11 is 1.16. The number of anilines is 1. The van der Waals surface area contributed by atoms with Crippen LogP contribution in [0.2, 0.25) is 0 Å². The molecule has 1 aromatic heterocycles. The molecule has 0 bridgehead atoms. The molecule has 154 valence electrons. The van der Waals surface area contributed by atoms with Crippen LogP contribution < -0.4 is 9.62 Å². The van der Waals surface area contributed by atoms with Gasteiger partial charge >= 0.3 is 0 Å². The van der Waals surface area contributed by atoms with Crippen LogP contribution in [0.1, 0.15) is 20.8 Å². The zero-order chi connectivity index (χ0) is 21.3. The third kappa shape index (κ3) is 3.86. The Morgan fingerprint density at radius 1 is 0.933 bits per heavy atom. The van der Waals surface area contributed by atoms with Crippen molar-refractivity contribution >= 4 is 32.8 Å². The minimum Gasteiger partial charge on any atom is -0.386 e. The van der Waals surface area contributed by atoms with Gasteiger partial charge in [-0.1, -0.05) is 24.3 Å². The van der Waals surface area contributed by atoms with Gasteiger partial charge in [-0.05, 0) is 46.8 Å². The van der Waals surface area contributed by atoms with Gasteiger partial charge in [-0.2, -0.15) is 0 Å². The van der Waals surface area contributed by atoms with Gasteiger partial charge in [0.15, 0.2) is 4.91 Å². The number of carbonyl (C=O) groups is 1. The molecule has 1 N–H and O–H groups in total. The second kappa shape index (κ2) is 8.00. The van der Waals surface area contributed by atoms with Gasteiger partial charge in [0.2, 0.25) is 5.78 Å². The number of nitrogens with one attached hydrogen (secondary N) is 1. The maximum atomic E-state index is 13.2. The lowest BCUT2D eigenvalue weighted by Crippen LogP contribution is -2.38. The highest BCUT2D eigenvalue weighted by Gasteiger charge is 2.41. The van der Waals surface area contributed by atoms with Crippen molar-refractivity contribution in [3.8, 4) is 0 Å². The van der Waals surface area contributed by atoms with E-state index in [4.69, 9.17) is 0 Å². The molecule has 0 saturated heterocycles. The molecule has 1 aliphatic rings. The summed E-state index contributed by atoms with van der Waals surface area (Å²) in [5.41, 5.74) is 1.63. The first-order valence-electron chi connectivity index (χ1n) is 8.93. The van der Waals surface area contributed by atoms with Crippen LogP contribution in [0.3, 0.4) is 0 Å². The Balaban J connectivity index is 1.65. The van der Waals surface area contributed by atoms with E-state index in [1.165, 1.54) is 42.6 Å². The van der Waals surface area contributed by atoms with E-state index in [0.29, 0.717) is 16.1 Å². The van der Waals surface area contributed by atoms with Gasteiger partial charge in [0.25, 0.3) is 10.0 Å². The van der Waals surface area contributed by atoms with E-state index in [0.717, 1.165) is 21.2 Å². The zero-order valence-corrected chi connectivity index (χ0v) is 17.1. The molecule has 0 unspecified atom stereocenters. The van der Waals surface area contributed by atoms with E-state index in [9.17, 15) is 22.0 Å². The molecule has 1 aliphatic heterocycles. The first-order valence-corrected chi connectivity index (χ1v) is 11.3. The van der Waals surface area contributed by atoms with Crippen molar-refractivity contribution in [2.45, 2.75) is 13.1 Å². The number of sulfonamides is 1.